The number of hydrogen-bond donors (Lipinski definition) is 1. The van der Waals surface area contributed by atoms with Crippen molar-refractivity contribution in [3.8, 4) is 0 Å². The first-order valence-corrected chi connectivity index (χ1v) is 7.37. The van der Waals surface area contributed by atoms with Gasteiger partial charge in [-0.15, -0.1) is 11.3 Å². The second kappa shape index (κ2) is 6.71. The Kier molecular flexibility index (Phi) is 4.96. The maximum Gasteiger partial charge on any atom is 0.122 e. The van der Waals surface area contributed by atoms with E-state index in [0.29, 0.717) is 5.92 Å². The van der Waals surface area contributed by atoms with Gasteiger partial charge < -0.3 is 9.88 Å². The van der Waals surface area contributed by atoms with Crippen molar-refractivity contribution in [2.45, 2.75) is 33.4 Å². The largest absolute Gasteiger partial charge is 0.334 e. The van der Waals surface area contributed by atoms with E-state index in [-0.39, 0.29) is 0 Å². The van der Waals surface area contributed by atoms with Gasteiger partial charge in [0.2, 0.25) is 0 Å². The van der Waals surface area contributed by atoms with Crippen LogP contribution in [0.15, 0.2) is 29.9 Å². The van der Waals surface area contributed by atoms with Crippen LogP contribution in [0.4, 0.5) is 0 Å². The average molecular weight is 263 g/mol. The summed E-state index contributed by atoms with van der Waals surface area (Å²) in [6, 6.07) is 4.30. The van der Waals surface area contributed by atoms with Crippen LogP contribution in [0, 0.1) is 5.92 Å². The highest BCUT2D eigenvalue weighted by Crippen LogP contribution is 2.10. The highest BCUT2D eigenvalue weighted by molar-refractivity contribution is 7.09. The number of nitrogens with one attached hydrogen (secondary N) is 1. The van der Waals surface area contributed by atoms with Gasteiger partial charge >= 0.3 is 0 Å². The predicted molar refractivity (Wildman–Crippen MR) is 76.8 cm³/mol. The van der Waals surface area contributed by atoms with Crippen molar-refractivity contribution in [1.29, 1.82) is 0 Å². The first-order valence-electron chi connectivity index (χ1n) is 6.49. The number of aromatic nitrogens is 2. The third-order valence-corrected chi connectivity index (χ3v) is 3.75. The SMILES string of the molecule is CC(C)CNCc1nccn1CCc1cccs1. The lowest BCUT2D eigenvalue weighted by atomic mass is 10.2. The highest BCUT2D eigenvalue weighted by Gasteiger charge is 2.03. The molecule has 0 spiro atoms. The summed E-state index contributed by atoms with van der Waals surface area (Å²) in [4.78, 5) is 5.85. The summed E-state index contributed by atoms with van der Waals surface area (Å²) < 4.78 is 2.24. The summed E-state index contributed by atoms with van der Waals surface area (Å²) in [6.07, 6.45) is 5.05. The Morgan fingerprint density at radius 2 is 2.33 bits per heavy atom. The van der Waals surface area contributed by atoms with Gasteiger partial charge in [0.05, 0.1) is 6.54 Å². The van der Waals surface area contributed by atoms with E-state index in [2.05, 4.69) is 52.4 Å². The van der Waals surface area contributed by atoms with Crippen LogP contribution in [0.1, 0.15) is 24.5 Å². The lowest BCUT2D eigenvalue weighted by Crippen LogP contribution is -2.21. The topological polar surface area (TPSA) is 29.9 Å². The summed E-state index contributed by atoms with van der Waals surface area (Å²) in [5, 5.41) is 5.57. The molecule has 4 heteroatoms. The Morgan fingerprint density at radius 3 is 3.06 bits per heavy atom. The Hall–Kier alpha value is -1.13. The number of hydrogen-bond acceptors (Lipinski definition) is 3. The molecule has 1 N–H and O–H groups in total. The van der Waals surface area contributed by atoms with E-state index in [1.807, 2.05) is 17.5 Å². The smallest absolute Gasteiger partial charge is 0.122 e. The number of thiophene rings is 1. The summed E-state index contributed by atoms with van der Waals surface area (Å²) in [5.41, 5.74) is 0. The molecule has 0 unspecified atom stereocenters. The second-order valence-electron chi connectivity index (χ2n) is 4.89. The van der Waals surface area contributed by atoms with Gasteiger partial charge in [-0.2, -0.15) is 0 Å². The van der Waals surface area contributed by atoms with Crippen molar-refractivity contribution < 1.29 is 0 Å². The van der Waals surface area contributed by atoms with E-state index in [1.54, 1.807) is 0 Å². The second-order valence-corrected chi connectivity index (χ2v) is 5.92. The zero-order valence-electron chi connectivity index (χ0n) is 11.1. The summed E-state index contributed by atoms with van der Waals surface area (Å²) in [5.74, 6) is 1.81. The van der Waals surface area contributed by atoms with Crippen LogP contribution in [0.25, 0.3) is 0 Å². The molecular formula is C14H21N3S. The molecule has 2 rings (SSSR count). The fourth-order valence-electron chi connectivity index (χ4n) is 1.87. The van der Waals surface area contributed by atoms with Gasteiger partial charge in [-0.05, 0) is 30.3 Å². The van der Waals surface area contributed by atoms with E-state index >= 15 is 0 Å². The van der Waals surface area contributed by atoms with E-state index < -0.39 is 0 Å². The lowest BCUT2D eigenvalue weighted by Gasteiger charge is -2.09. The van der Waals surface area contributed by atoms with Crippen molar-refractivity contribution in [2.75, 3.05) is 6.54 Å². The molecule has 2 heterocycles. The van der Waals surface area contributed by atoms with Crippen molar-refractivity contribution in [3.05, 3.63) is 40.6 Å². The summed E-state index contributed by atoms with van der Waals surface area (Å²) in [7, 11) is 0. The first-order chi connectivity index (χ1) is 8.75. The number of aryl methyl sites for hydroxylation is 2. The standard InChI is InChI=1S/C14H21N3S/c1-12(2)10-15-11-14-16-6-8-17(14)7-5-13-4-3-9-18-13/h3-4,6,8-9,12,15H,5,7,10-11H2,1-2H3. The Labute approximate surface area is 113 Å². The Balaban J connectivity index is 1.83. The van der Waals surface area contributed by atoms with Gasteiger partial charge in [0.1, 0.15) is 5.82 Å². The molecular weight excluding hydrogens is 242 g/mol. The van der Waals surface area contributed by atoms with Crippen LogP contribution in [-0.2, 0) is 19.5 Å². The zero-order chi connectivity index (χ0) is 12.8. The molecule has 0 bridgehead atoms. The van der Waals surface area contributed by atoms with Crippen molar-refractivity contribution in [1.82, 2.24) is 14.9 Å². The van der Waals surface area contributed by atoms with Gasteiger partial charge in [0.25, 0.3) is 0 Å². The minimum Gasteiger partial charge on any atom is -0.334 e. The van der Waals surface area contributed by atoms with Crippen molar-refractivity contribution >= 4 is 11.3 Å². The van der Waals surface area contributed by atoms with E-state index in [1.165, 1.54) is 4.88 Å². The number of rotatable bonds is 7. The molecule has 0 saturated carbocycles. The molecule has 0 aliphatic carbocycles. The monoisotopic (exact) mass is 263 g/mol. The fourth-order valence-corrected chi connectivity index (χ4v) is 2.57. The molecule has 18 heavy (non-hydrogen) atoms. The molecule has 0 amide bonds. The van der Waals surface area contributed by atoms with Crippen LogP contribution >= 0.6 is 11.3 Å². The Morgan fingerprint density at radius 1 is 1.44 bits per heavy atom. The summed E-state index contributed by atoms with van der Waals surface area (Å²) in [6.45, 7) is 7.35. The molecule has 98 valence electrons. The van der Waals surface area contributed by atoms with E-state index in [9.17, 15) is 0 Å². The van der Waals surface area contributed by atoms with Gasteiger partial charge in [0.15, 0.2) is 0 Å². The van der Waals surface area contributed by atoms with Crippen LogP contribution in [-0.4, -0.2) is 16.1 Å². The number of nitrogens with zero attached hydrogens (tertiary/aromatic N) is 2. The van der Waals surface area contributed by atoms with Crippen LogP contribution in [0.5, 0.6) is 0 Å². The summed E-state index contributed by atoms with van der Waals surface area (Å²) >= 11 is 1.82. The quantitative estimate of drug-likeness (QED) is 0.832. The third-order valence-electron chi connectivity index (χ3n) is 2.82. The third kappa shape index (κ3) is 3.96. The Bertz CT molecular complexity index is 445. The first kappa shape index (κ1) is 13.3. The minimum absolute atomic E-state index is 0.680. The molecule has 0 fully saturated rings. The van der Waals surface area contributed by atoms with E-state index in [4.69, 9.17) is 0 Å². The van der Waals surface area contributed by atoms with Crippen LogP contribution < -0.4 is 5.32 Å². The van der Waals surface area contributed by atoms with Gasteiger partial charge in [-0.1, -0.05) is 19.9 Å². The maximum absolute atomic E-state index is 4.42. The minimum atomic E-state index is 0.680. The predicted octanol–water partition coefficient (Wildman–Crippen LogP) is 2.93. The van der Waals surface area contributed by atoms with Gasteiger partial charge in [-0.25, -0.2) is 4.98 Å². The van der Waals surface area contributed by atoms with Crippen molar-refractivity contribution in [3.63, 3.8) is 0 Å². The number of imidazole rings is 1. The molecule has 0 aromatic carbocycles. The molecule has 0 aliphatic heterocycles. The van der Waals surface area contributed by atoms with Gasteiger partial charge in [-0.3, -0.25) is 0 Å². The van der Waals surface area contributed by atoms with Crippen molar-refractivity contribution in [2.24, 2.45) is 5.92 Å². The lowest BCUT2D eigenvalue weighted by molar-refractivity contribution is 0.527. The average Bonchev–Trinajstić information content (AvgIpc) is 2.96. The normalized spacial score (nSPS) is 11.3. The molecule has 2 aromatic heterocycles. The van der Waals surface area contributed by atoms with Crippen LogP contribution in [0.2, 0.25) is 0 Å². The fraction of sp³-hybridized carbons (Fsp3) is 0.500. The zero-order valence-corrected chi connectivity index (χ0v) is 11.9. The molecule has 0 atom stereocenters. The molecule has 0 aliphatic rings. The molecule has 0 radical (unpaired) electrons. The van der Waals surface area contributed by atoms with Gasteiger partial charge in [0, 0.05) is 23.8 Å². The molecule has 0 saturated heterocycles. The van der Waals surface area contributed by atoms with Crippen LogP contribution in [0.3, 0.4) is 0 Å². The van der Waals surface area contributed by atoms with E-state index in [0.717, 1.165) is 31.9 Å². The molecule has 2 aromatic rings. The maximum atomic E-state index is 4.42. The molecule has 3 nitrogen and oxygen atoms in total. The highest BCUT2D eigenvalue weighted by atomic mass is 32.1.